The van der Waals surface area contributed by atoms with Crippen molar-refractivity contribution < 1.29 is 9.47 Å². The highest BCUT2D eigenvalue weighted by Crippen LogP contribution is 2.18. The van der Waals surface area contributed by atoms with Gasteiger partial charge in [0.05, 0.1) is 13.2 Å². The lowest BCUT2D eigenvalue weighted by Crippen LogP contribution is -2.37. The molecule has 1 aliphatic heterocycles. The molecule has 1 aliphatic rings. The Labute approximate surface area is 112 Å². The number of morpholine rings is 1. The summed E-state index contributed by atoms with van der Waals surface area (Å²) in [5, 5.41) is 0. The van der Waals surface area contributed by atoms with Crippen LogP contribution in [0.2, 0.25) is 0 Å². The van der Waals surface area contributed by atoms with Crippen LogP contribution in [0.5, 0.6) is 6.01 Å². The molecule has 1 aromatic rings. The third kappa shape index (κ3) is 3.45. The van der Waals surface area contributed by atoms with E-state index in [4.69, 9.17) is 21.6 Å². The first-order chi connectivity index (χ1) is 9.00. The van der Waals surface area contributed by atoms with Crippen molar-refractivity contribution in [1.29, 1.82) is 0 Å². The number of nitrogen functional groups attached to an aromatic ring is 1. The van der Waals surface area contributed by atoms with Gasteiger partial charge in [0.25, 0.3) is 0 Å². The molecule has 0 radical (unpaired) electrons. The Kier molecular flexibility index (Phi) is 3.71. The molecule has 0 aromatic carbocycles. The predicted octanol–water partition coefficient (Wildman–Crippen LogP) is 0.0810. The normalized spacial score (nSPS) is 15.9. The molecule has 0 bridgehead atoms. The zero-order valence-corrected chi connectivity index (χ0v) is 11.1. The number of hydrogen-bond acceptors (Lipinski definition) is 7. The summed E-state index contributed by atoms with van der Waals surface area (Å²) in [7, 11) is 0. The molecule has 1 aromatic heterocycles. The molecule has 19 heavy (non-hydrogen) atoms. The van der Waals surface area contributed by atoms with Gasteiger partial charge in [-0.3, -0.25) is 0 Å². The molecule has 1 fully saturated rings. The van der Waals surface area contributed by atoms with E-state index in [9.17, 15) is 0 Å². The van der Waals surface area contributed by atoms with Gasteiger partial charge in [-0.05, 0) is 13.8 Å². The minimum atomic E-state index is -0.796. The van der Waals surface area contributed by atoms with E-state index in [-0.39, 0.29) is 12.0 Å². The first-order valence-corrected chi connectivity index (χ1v) is 6.01. The van der Waals surface area contributed by atoms with Crippen LogP contribution >= 0.6 is 0 Å². The van der Waals surface area contributed by atoms with Crippen LogP contribution in [0.15, 0.2) is 0 Å². The fourth-order valence-electron chi connectivity index (χ4n) is 1.57. The van der Waals surface area contributed by atoms with Crippen LogP contribution in [0.25, 0.3) is 0 Å². The first-order valence-electron chi connectivity index (χ1n) is 6.01. The van der Waals surface area contributed by atoms with E-state index in [1.165, 1.54) is 0 Å². The van der Waals surface area contributed by atoms with Gasteiger partial charge < -0.3 is 20.1 Å². The molecular formula is C12H17N5O2. The van der Waals surface area contributed by atoms with Crippen molar-refractivity contribution in [3.05, 3.63) is 0 Å². The van der Waals surface area contributed by atoms with Crippen molar-refractivity contribution in [2.75, 3.05) is 36.9 Å². The van der Waals surface area contributed by atoms with Crippen LogP contribution in [-0.4, -0.2) is 46.9 Å². The first kappa shape index (κ1) is 13.4. The number of ether oxygens (including phenoxy) is 2. The second kappa shape index (κ2) is 5.28. The van der Waals surface area contributed by atoms with Crippen molar-refractivity contribution in [1.82, 2.24) is 15.0 Å². The number of terminal acetylenes is 1. The van der Waals surface area contributed by atoms with Gasteiger partial charge in [0.15, 0.2) is 5.60 Å². The second-order valence-electron chi connectivity index (χ2n) is 4.63. The molecular weight excluding hydrogens is 246 g/mol. The van der Waals surface area contributed by atoms with E-state index >= 15 is 0 Å². The summed E-state index contributed by atoms with van der Waals surface area (Å²) in [5.41, 5.74) is 4.88. The minimum Gasteiger partial charge on any atom is -0.444 e. The number of aromatic nitrogens is 3. The standard InChI is InChI=1S/C12H17N5O2/c1-4-12(2,3)19-11-15-9(13)14-10(16-11)17-5-7-18-8-6-17/h1H,5-8H2,2-3H3,(H2,13,14,15,16). The largest absolute Gasteiger partial charge is 0.444 e. The maximum absolute atomic E-state index is 5.67. The van der Waals surface area contributed by atoms with Crippen molar-refractivity contribution in [2.45, 2.75) is 19.4 Å². The summed E-state index contributed by atoms with van der Waals surface area (Å²) in [6, 6.07) is 0.136. The zero-order chi connectivity index (χ0) is 13.9. The summed E-state index contributed by atoms with van der Waals surface area (Å²) in [5.74, 6) is 3.11. The van der Waals surface area contributed by atoms with Crippen molar-refractivity contribution >= 4 is 11.9 Å². The maximum atomic E-state index is 5.67. The molecule has 2 heterocycles. The lowest BCUT2D eigenvalue weighted by molar-refractivity contribution is 0.121. The lowest BCUT2D eigenvalue weighted by atomic mass is 10.2. The summed E-state index contributed by atoms with van der Waals surface area (Å²) in [6.07, 6.45) is 5.37. The van der Waals surface area contributed by atoms with Gasteiger partial charge in [-0.25, -0.2) is 0 Å². The van der Waals surface area contributed by atoms with E-state index < -0.39 is 5.60 Å². The number of nitrogens with two attached hydrogens (primary N) is 1. The molecule has 7 nitrogen and oxygen atoms in total. The van der Waals surface area contributed by atoms with Gasteiger partial charge in [0.1, 0.15) is 0 Å². The average molecular weight is 263 g/mol. The Hall–Kier alpha value is -2.07. The zero-order valence-electron chi connectivity index (χ0n) is 11.1. The number of anilines is 2. The molecule has 0 spiro atoms. The Morgan fingerprint density at radius 1 is 1.32 bits per heavy atom. The Bertz CT molecular complexity index is 491. The monoisotopic (exact) mass is 263 g/mol. The Balaban J connectivity index is 2.22. The average Bonchev–Trinajstić information content (AvgIpc) is 2.38. The van der Waals surface area contributed by atoms with Crippen LogP contribution < -0.4 is 15.4 Å². The highest BCUT2D eigenvalue weighted by Gasteiger charge is 2.21. The van der Waals surface area contributed by atoms with Crippen molar-refractivity contribution in [3.8, 4) is 18.4 Å². The molecule has 2 N–H and O–H groups in total. The fraction of sp³-hybridized carbons (Fsp3) is 0.583. The molecule has 0 saturated carbocycles. The van der Waals surface area contributed by atoms with Crippen LogP contribution in [0.4, 0.5) is 11.9 Å². The molecule has 1 saturated heterocycles. The van der Waals surface area contributed by atoms with Gasteiger partial charge in [0, 0.05) is 13.1 Å². The quantitative estimate of drug-likeness (QED) is 0.773. The van der Waals surface area contributed by atoms with Gasteiger partial charge in [0.2, 0.25) is 11.9 Å². The molecule has 0 amide bonds. The van der Waals surface area contributed by atoms with Gasteiger partial charge >= 0.3 is 6.01 Å². The predicted molar refractivity (Wildman–Crippen MR) is 70.8 cm³/mol. The van der Waals surface area contributed by atoms with Crippen molar-refractivity contribution in [2.24, 2.45) is 0 Å². The second-order valence-corrected chi connectivity index (χ2v) is 4.63. The third-order valence-corrected chi connectivity index (χ3v) is 2.61. The number of rotatable bonds is 3. The Morgan fingerprint density at radius 3 is 2.63 bits per heavy atom. The van der Waals surface area contributed by atoms with Crippen LogP contribution in [-0.2, 0) is 4.74 Å². The van der Waals surface area contributed by atoms with E-state index in [1.54, 1.807) is 13.8 Å². The molecule has 0 atom stereocenters. The van der Waals surface area contributed by atoms with Gasteiger partial charge in [-0.2, -0.15) is 15.0 Å². The molecule has 0 aliphatic carbocycles. The summed E-state index contributed by atoms with van der Waals surface area (Å²) in [4.78, 5) is 14.3. The molecule has 0 unspecified atom stereocenters. The highest BCUT2D eigenvalue weighted by atomic mass is 16.5. The fourth-order valence-corrected chi connectivity index (χ4v) is 1.57. The summed E-state index contributed by atoms with van der Waals surface area (Å²) in [6.45, 7) is 6.20. The van der Waals surface area contributed by atoms with Crippen LogP contribution in [0.3, 0.4) is 0 Å². The van der Waals surface area contributed by atoms with Crippen LogP contribution in [0.1, 0.15) is 13.8 Å². The summed E-state index contributed by atoms with van der Waals surface area (Å²) < 4.78 is 10.8. The van der Waals surface area contributed by atoms with E-state index in [1.807, 2.05) is 4.90 Å². The summed E-state index contributed by atoms with van der Waals surface area (Å²) >= 11 is 0. The molecule has 7 heteroatoms. The van der Waals surface area contributed by atoms with Crippen LogP contribution in [0, 0.1) is 12.3 Å². The number of hydrogen-bond donors (Lipinski definition) is 1. The van der Waals surface area contributed by atoms with Crippen molar-refractivity contribution in [3.63, 3.8) is 0 Å². The van der Waals surface area contributed by atoms with E-state index in [0.717, 1.165) is 0 Å². The van der Waals surface area contributed by atoms with E-state index in [2.05, 4.69) is 20.9 Å². The maximum Gasteiger partial charge on any atom is 0.324 e. The van der Waals surface area contributed by atoms with Gasteiger partial charge in [-0.15, -0.1) is 6.42 Å². The third-order valence-electron chi connectivity index (χ3n) is 2.61. The van der Waals surface area contributed by atoms with Gasteiger partial charge in [-0.1, -0.05) is 5.92 Å². The number of nitrogens with zero attached hydrogens (tertiary/aromatic N) is 4. The minimum absolute atomic E-state index is 0.110. The Morgan fingerprint density at radius 2 is 2.00 bits per heavy atom. The SMILES string of the molecule is C#CC(C)(C)Oc1nc(N)nc(N2CCOCC2)n1. The highest BCUT2D eigenvalue weighted by molar-refractivity contribution is 5.36. The molecule has 2 rings (SSSR count). The molecule has 102 valence electrons. The lowest BCUT2D eigenvalue weighted by Gasteiger charge is -2.27. The smallest absolute Gasteiger partial charge is 0.324 e. The topological polar surface area (TPSA) is 86.4 Å². The van der Waals surface area contributed by atoms with E-state index in [0.29, 0.717) is 32.3 Å².